The van der Waals surface area contributed by atoms with Crippen LogP contribution in [0, 0.1) is 6.92 Å². The van der Waals surface area contributed by atoms with Crippen LogP contribution >= 0.6 is 0 Å². The predicted octanol–water partition coefficient (Wildman–Crippen LogP) is 4.85. The summed E-state index contributed by atoms with van der Waals surface area (Å²) in [4.78, 5) is 16.9. The quantitative estimate of drug-likeness (QED) is 0.590. The van der Waals surface area contributed by atoms with Gasteiger partial charge in [-0.3, -0.25) is 4.79 Å². The van der Waals surface area contributed by atoms with Gasteiger partial charge in [-0.05, 0) is 50.8 Å². The number of alkyl halides is 3. The Bertz CT molecular complexity index is 1090. The highest BCUT2D eigenvalue weighted by Crippen LogP contribution is 2.34. The molecule has 9 heteroatoms. The number of pyridine rings is 1. The van der Waals surface area contributed by atoms with Gasteiger partial charge in [0, 0.05) is 18.3 Å². The van der Waals surface area contributed by atoms with E-state index >= 15 is 0 Å². The molecule has 2 aromatic heterocycles. The largest absolute Gasteiger partial charge is 0.474 e. The Balaban J connectivity index is 1.55. The van der Waals surface area contributed by atoms with Gasteiger partial charge in [0.2, 0.25) is 5.88 Å². The molecule has 1 aromatic carbocycles. The van der Waals surface area contributed by atoms with Gasteiger partial charge in [-0.25, -0.2) is 9.67 Å². The van der Waals surface area contributed by atoms with Gasteiger partial charge >= 0.3 is 6.18 Å². The fourth-order valence-corrected chi connectivity index (χ4v) is 3.77. The van der Waals surface area contributed by atoms with Crippen LogP contribution in [0.2, 0.25) is 0 Å². The van der Waals surface area contributed by atoms with Crippen molar-refractivity contribution in [3.05, 3.63) is 71.2 Å². The second-order valence-corrected chi connectivity index (χ2v) is 7.83. The zero-order chi connectivity index (χ0) is 22.7. The van der Waals surface area contributed by atoms with Crippen LogP contribution in [0.1, 0.15) is 52.9 Å². The highest BCUT2D eigenvalue weighted by Gasteiger charge is 2.40. The molecule has 1 aliphatic carbocycles. The molecule has 0 spiro atoms. The third-order valence-corrected chi connectivity index (χ3v) is 5.43. The summed E-state index contributed by atoms with van der Waals surface area (Å²) in [6, 6.07) is 9.86. The van der Waals surface area contributed by atoms with E-state index in [1.165, 1.54) is 12.1 Å². The zero-order valence-electron chi connectivity index (χ0n) is 17.5. The molecule has 2 heterocycles. The maximum atomic E-state index is 13.9. The van der Waals surface area contributed by atoms with Crippen molar-refractivity contribution >= 4 is 5.91 Å². The average molecular weight is 444 g/mol. The fraction of sp³-hybridized carbons (Fsp3) is 0.348. The normalized spacial score (nSPS) is 14.5. The summed E-state index contributed by atoms with van der Waals surface area (Å²) >= 11 is 0. The molecule has 6 nitrogen and oxygen atoms in total. The second kappa shape index (κ2) is 9.02. The maximum Gasteiger partial charge on any atom is 0.434 e. The van der Waals surface area contributed by atoms with Gasteiger partial charge in [0.25, 0.3) is 5.91 Å². The average Bonchev–Trinajstić information content (AvgIpc) is 3.43. The topological polar surface area (TPSA) is 69.0 Å². The van der Waals surface area contributed by atoms with Gasteiger partial charge < -0.3 is 10.1 Å². The molecule has 1 amide bonds. The van der Waals surface area contributed by atoms with Gasteiger partial charge in [-0.2, -0.15) is 18.3 Å². The number of rotatable bonds is 6. The van der Waals surface area contributed by atoms with E-state index in [0.717, 1.165) is 42.1 Å². The van der Waals surface area contributed by atoms with Crippen molar-refractivity contribution in [2.45, 2.75) is 51.4 Å². The van der Waals surface area contributed by atoms with Crippen LogP contribution in [0.5, 0.6) is 5.88 Å². The number of carbonyl (C=O) groups is 1. The predicted molar refractivity (Wildman–Crippen MR) is 112 cm³/mol. The molecule has 0 saturated heterocycles. The molecule has 32 heavy (non-hydrogen) atoms. The molecule has 0 atom stereocenters. The lowest BCUT2D eigenvalue weighted by atomic mass is 10.2. The Hall–Kier alpha value is -3.36. The molecule has 1 aliphatic rings. The SMILES string of the molecule is Cc1ccc(-n2ncc(C(=O)NCc3cccnc3OC3CCCC3)c2C(F)(F)F)cc1. The van der Waals surface area contributed by atoms with E-state index in [1.54, 1.807) is 30.5 Å². The van der Waals surface area contributed by atoms with E-state index < -0.39 is 23.3 Å². The van der Waals surface area contributed by atoms with E-state index in [-0.39, 0.29) is 18.3 Å². The van der Waals surface area contributed by atoms with E-state index in [2.05, 4.69) is 15.4 Å². The van der Waals surface area contributed by atoms with Crippen LogP contribution in [-0.4, -0.2) is 26.8 Å². The number of hydrogen-bond donors (Lipinski definition) is 1. The van der Waals surface area contributed by atoms with Crippen LogP contribution in [0.4, 0.5) is 13.2 Å². The van der Waals surface area contributed by atoms with Crippen LogP contribution in [-0.2, 0) is 12.7 Å². The number of nitrogens with one attached hydrogen (secondary N) is 1. The number of halogens is 3. The number of hydrogen-bond acceptors (Lipinski definition) is 4. The molecular formula is C23H23F3N4O2. The summed E-state index contributed by atoms with van der Waals surface area (Å²) in [5, 5.41) is 6.40. The first kappa shape index (κ1) is 21.9. The van der Waals surface area contributed by atoms with E-state index in [1.807, 2.05) is 6.92 Å². The highest BCUT2D eigenvalue weighted by molar-refractivity contribution is 5.95. The molecule has 1 fully saturated rings. The minimum atomic E-state index is -4.76. The zero-order valence-corrected chi connectivity index (χ0v) is 17.5. The molecule has 0 radical (unpaired) electrons. The molecule has 0 aliphatic heterocycles. The Morgan fingerprint density at radius 2 is 1.91 bits per heavy atom. The Labute approximate surface area is 183 Å². The smallest absolute Gasteiger partial charge is 0.434 e. The Morgan fingerprint density at radius 1 is 1.19 bits per heavy atom. The molecule has 0 unspecified atom stereocenters. The van der Waals surface area contributed by atoms with Crippen molar-refractivity contribution in [1.82, 2.24) is 20.1 Å². The van der Waals surface area contributed by atoms with Crippen LogP contribution in [0.25, 0.3) is 5.69 Å². The van der Waals surface area contributed by atoms with E-state index in [0.29, 0.717) is 11.4 Å². The van der Waals surface area contributed by atoms with Crippen LogP contribution < -0.4 is 10.1 Å². The number of nitrogens with zero attached hydrogens (tertiary/aromatic N) is 3. The van der Waals surface area contributed by atoms with Crippen LogP contribution in [0.3, 0.4) is 0 Å². The van der Waals surface area contributed by atoms with Crippen molar-refractivity contribution in [2.24, 2.45) is 0 Å². The number of aryl methyl sites for hydroxylation is 1. The molecule has 1 saturated carbocycles. The van der Waals surface area contributed by atoms with Crippen molar-refractivity contribution in [3.8, 4) is 11.6 Å². The first-order valence-electron chi connectivity index (χ1n) is 10.4. The third kappa shape index (κ3) is 4.76. The molecular weight excluding hydrogens is 421 g/mol. The maximum absolute atomic E-state index is 13.9. The summed E-state index contributed by atoms with van der Waals surface area (Å²) in [5.41, 5.74) is 0.0703. The van der Waals surface area contributed by atoms with Crippen molar-refractivity contribution < 1.29 is 22.7 Å². The van der Waals surface area contributed by atoms with Gasteiger partial charge in [-0.15, -0.1) is 0 Å². The Kier molecular flexibility index (Phi) is 6.16. The summed E-state index contributed by atoms with van der Waals surface area (Å²) in [6.45, 7) is 1.82. The molecule has 0 bridgehead atoms. The van der Waals surface area contributed by atoms with Crippen molar-refractivity contribution in [3.63, 3.8) is 0 Å². The summed E-state index contributed by atoms with van der Waals surface area (Å²) in [5.74, 6) is -0.475. The highest BCUT2D eigenvalue weighted by atomic mass is 19.4. The number of carbonyl (C=O) groups excluding carboxylic acids is 1. The number of benzene rings is 1. The molecule has 3 aromatic rings. The number of ether oxygens (including phenoxy) is 1. The standard InChI is InChI=1S/C23H23F3N4O2/c1-15-8-10-17(11-9-15)30-20(23(24,25)26)19(14-29-30)21(31)28-13-16-5-4-12-27-22(16)32-18-6-2-3-7-18/h4-5,8-12,14,18H,2-3,6-7,13H2,1H3,(H,28,31). The Morgan fingerprint density at radius 3 is 2.59 bits per heavy atom. The minimum Gasteiger partial charge on any atom is -0.474 e. The van der Waals surface area contributed by atoms with Gasteiger partial charge in [0.15, 0.2) is 5.69 Å². The number of aromatic nitrogens is 3. The fourth-order valence-electron chi connectivity index (χ4n) is 3.77. The lowest BCUT2D eigenvalue weighted by Gasteiger charge is -2.16. The third-order valence-electron chi connectivity index (χ3n) is 5.43. The van der Waals surface area contributed by atoms with E-state index in [9.17, 15) is 18.0 Å². The van der Waals surface area contributed by atoms with E-state index in [4.69, 9.17) is 4.74 Å². The molecule has 1 N–H and O–H groups in total. The number of amides is 1. The lowest BCUT2D eigenvalue weighted by Crippen LogP contribution is -2.27. The first-order valence-corrected chi connectivity index (χ1v) is 10.4. The van der Waals surface area contributed by atoms with Gasteiger partial charge in [0.05, 0.1) is 17.4 Å². The van der Waals surface area contributed by atoms with Gasteiger partial charge in [-0.1, -0.05) is 23.8 Å². The summed E-state index contributed by atoms with van der Waals surface area (Å²) < 4.78 is 48.2. The van der Waals surface area contributed by atoms with Gasteiger partial charge in [0.1, 0.15) is 6.10 Å². The summed E-state index contributed by atoms with van der Waals surface area (Å²) in [6.07, 6.45) is 1.90. The lowest BCUT2D eigenvalue weighted by molar-refractivity contribution is -0.143. The molecule has 4 rings (SSSR count). The van der Waals surface area contributed by atoms with Crippen LogP contribution in [0.15, 0.2) is 48.8 Å². The van der Waals surface area contributed by atoms with Crippen molar-refractivity contribution in [2.75, 3.05) is 0 Å². The van der Waals surface area contributed by atoms with Crippen molar-refractivity contribution in [1.29, 1.82) is 0 Å². The second-order valence-electron chi connectivity index (χ2n) is 7.83. The minimum absolute atomic E-state index is 0.0122. The first-order chi connectivity index (χ1) is 15.3. The summed E-state index contributed by atoms with van der Waals surface area (Å²) in [7, 11) is 0. The molecule has 168 valence electrons. The monoisotopic (exact) mass is 444 g/mol.